The van der Waals surface area contributed by atoms with E-state index >= 15 is 0 Å². The van der Waals surface area contributed by atoms with Gasteiger partial charge in [-0.15, -0.1) is 0 Å². The van der Waals surface area contributed by atoms with Crippen molar-refractivity contribution in [1.29, 1.82) is 0 Å². The molecule has 98 valence electrons. The van der Waals surface area contributed by atoms with Crippen LogP contribution >= 0.6 is 35.4 Å². The smallest absolute Gasteiger partial charge is 0.175 e. The van der Waals surface area contributed by atoms with E-state index in [1.54, 1.807) is 30.3 Å². The topological polar surface area (TPSA) is 50.1 Å². The molecular formula is C13H11Cl2N3S. The lowest BCUT2D eigenvalue weighted by Gasteiger charge is -2.11. The number of halogens is 2. The van der Waals surface area contributed by atoms with Crippen molar-refractivity contribution in [2.45, 2.75) is 0 Å². The lowest BCUT2D eigenvalue weighted by molar-refractivity contribution is 1.59. The summed E-state index contributed by atoms with van der Waals surface area (Å²) >= 11 is 17.0. The first kappa shape index (κ1) is 13.9. The van der Waals surface area contributed by atoms with Crippen molar-refractivity contribution in [3.63, 3.8) is 0 Å². The van der Waals surface area contributed by atoms with Gasteiger partial charge in [-0.3, -0.25) is 0 Å². The van der Waals surface area contributed by atoms with Crippen LogP contribution < -0.4 is 16.4 Å². The van der Waals surface area contributed by atoms with Crippen LogP contribution in [0.15, 0.2) is 42.5 Å². The summed E-state index contributed by atoms with van der Waals surface area (Å²) in [5.41, 5.74) is 7.88. The zero-order valence-electron chi connectivity index (χ0n) is 9.78. The zero-order valence-corrected chi connectivity index (χ0v) is 12.1. The van der Waals surface area contributed by atoms with Gasteiger partial charge in [-0.1, -0.05) is 23.2 Å². The summed E-state index contributed by atoms with van der Waals surface area (Å²) in [5, 5.41) is 7.58. The lowest BCUT2D eigenvalue weighted by Crippen LogP contribution is -2.19. The number of hydrogen-bond donors (Lipinski definition) is 3. The molecule has 0 atom stereocenters. The molecule has 3 nitrogen and oxygen atoms in total. The summed E-state index contributed by atoms with van der Waals surface area (Å²) in [6.45, 7) is 0. The number of thiocarbonyl (C=S) groups is 1. The highest BCUT2D eigenvalue weighted by atomic mass is 35.5. The second kappa shape index (κ2) is 6.10. The van der Waals surface area contributed by atoms with Gasteiger partial charge in [0.2, 0.25) is 0 Å². The van der Waals surface area contributed by atoms with E-state index in [1.165, 1.54) is 0 Å². The van der Waals surface area contributed by atoms with Gasteiger partial charge in [0.05, 0.1) is 0 Å². The maximum Gasteiger partial charge on any atom is 0.175 e. The molecule has 2 rings (SSSR count). The van der Waals surface area contributed by atoms with Gasteiger partial charge in [-0.25, -0.2) is 0 Å². The van der Waals surface area contributed by atoms with Crippen LogP contribution in [-0.2, 0) is 0 Å². The molecule has 0 heterocycles. The van der Waals surface area contributed by atoms with Crippen LogP contribution in [0.2, 0.25) is 10.0 Å². The Labute approximate surface area is 126 Å². The minimum Gasteiger partial charge on any atom is -0.399 e. The fourth-order valence-corrected chi connectivity index (χ4v) is 2.25. The van der Waals surface area contributed by atoms with Crippen molar-refractivity contribution < 1.29 is 0 Å². The molecule has 0 aromatic heterocycles. The minimum absolute atomic E-state index is 0.447. The predicted octanol–water partition coefficient (Wildman–Crippen LogP) is 4.38. The largest absolute Gasteiger partial charge is 0.399 e. The van der Waals surface area contributed by atoms with Gasteiger partial charge >= 0.3 is 0 Å². The molecule has 4 N–H and O–H groups in total. The quantitative estimate of drug-likeness (QED) is 0.569. The Balaban J connectivity index is 2.03. The molecule has 2 aromatic carbocycles. The normalized spacial score (nSPS) is 10.0. The van der Waals surface area contributed by atoms with Crippen molar-refractivity contribution in [2.24, 2.45) is 0 Å². The highest BCUT2D eigenvalue weighted by Gasteiger charge is 2.01. The molecule has 19 heavy (non-hydrogen) atoms. The molecular weight excluding hydrogens is 301 g/mol. The number of nitrogens with one attached hydrogen (secondary N) is 2. The Bertz CT molecular complexity index is 579. The van der Waals surface area contributed by atoms with Gasteiger partial charge in [0.1, 0.15) is 0 Å². The maximum absolute atomic E-state index is 5.91. The van der Waals surface area contributed by atoms with Crippen molar-refractivity contribution in [2.75, 3.05) is 16.4 Å². The number of hydrogen-bond acceptors (Lipinski definition) is 2. The fourth-order valence-electron chi connectivity index (χ4n) is 1.49. The van der Waals surface area contributed by atoms with Gasteiger partial charge in [0.25, 0.3) is 0 Å². The van der Waals surface area contributed by atoms with Gasteiger partial charge in [0, 0.05) is 27.1 Å². The minimum atomic E-state index is 0.447. The first-order valence-corrected chi connectivity index (χ1v) is 6.59. The van der Waals surface area contributed by atoms with Crippen molar-refractivity contribution >= 4 is 57.6 Å². The Kier molecular flexibility index (Phi) is 4.47. The van der Waals surface area contributed by atoms with E-state index in [1.807, 2.05) is 12.1 Å². The Morgan fingerprint density at radius 2 is 1.42 bits per heavy atom. The predicted molar refractivity (Wildman–Crippen MR) is 87.2 cm³/mol. The molecule has 0 aliphatic carbocycles. The summed E-state index contributed by atoms with van der Waals surface area (Å²) < 4.78 is 0. The molecule has 0 saturated heterocycles. The number of nitrogen functional groups attached to an aromatic ring is 1. The second-order valence-electron chi connectivity index (χ2n) is 3.86. The zero-order chi connectivity index (χ0) is 13.8. The molecule has 0 bridgehead atoms. The van der Waals surface area contributed by atoms with E-state index in [9.17, 15) is 0 Å². The molecule has 0 amide bonds. The maximum atomic E-state index is 5.91. The van der Waals surface area contributed by atoms with Crippen LogP contribution in [0.3, 0.4) is 0 Å². The highest BCUT2D eigenvalue weighted by Crippen LogP contribution is 2.22. The van der Waals surface area contributed by atoms with E-state index in [-0.39, 0.29) is 0 Å². The summed E-state index contributed by atoms with van der Waals surface area (Å²) in [6.07, 6.45) is 0. The van der Waals surface area contributed by atoms with Crippen molar-refractivity contribution in [3.8, 4) is 0 Å². The third-order valence-electron chi connectivity index (χ3n) is 2.29. The molecule has 0 unspecified atom stereocenters. The number of rotatable bonds is 2. The lowest BCUT2D eigenvalue weighted by atomic mass is 10.3. The van der Waals surface area contributed by atoms with Gasteiger partial charge in [0.15, 0.2) is 5.11 Å². The Hall–Kier alpha value is -1.49. The van der Waals surface area contributed by atoms with Crippen LogP contribution in [0.5, 0.6) is 0 Å². The molecule has 0 saturated carbocycles. The summed E-state index contributed by atoms with van der Waals surface area (Å²) in [7, 11) is 0. The van der Waals surface area contributed by atoms with E-state index in [0.717, 1.165) is 11.4 Å². The van der Waals surface area contributed by atoms with Gasteiger partial charge < -0.3 is 16.4 Å². The van der Waals surface area contributed by atoms with E-state index in [0.29, 0.717) is 20.8 Å². The number of anilines is 3. The summed E-state index contributed by atoms with van der Waals surface area (Å²) in [6, 6.07) is 12.4. The summed E-state index contributed by atoms with van der Waals surface area (Å²) in [4.78, 5) is 0. The number of benzene rings is 2. The SMILES string of the molecule is Nc1ccc(NC(=S)Nc2cc(Cl)cc(Cl)c2)cc1. The molecule has 6 heteroatoms. The molecule has 2 aromatic rings. The first-order chi connectivity index (χ1) is 9.02. The van der Waals surface area contributed by atoms with E-state index < -0.39 is 0 Å². The standard InChI is InChI=1S/C13H11Cl2N3S/c14-8-5-9(15)7-12(6-8)18-13(19)17-11-3-1-10(16)2-4-11/h1-7H,16H2,(H2,17,18,19). The Morgan fingerprint density at radius 1 is 0.895 bits per heavy atom. The van der Waals surface area contributed by atoms with Crippen LogP contribution in [0, 0.1) is 0 Å². The van der Waals surface area contributed by atoms with Crippen LogP contribution in [0.25, 0.3) is 0 Å². The summed E-state index contributed by atoms with van der Waals surface area (Å²) in [5.74, 6) is 0. The highest BCUT2D eigenvalue weighted by molar-refractivity contribution is 7.80. The molecule has 0 spiro atoms. The van der Waals surface area contributed by atoms with Gasteiger partial charge in [-0.05, 0) is 54.7 Å². The van der Waals surface area contributed by atoms with Crippen LogP contribution in [-0.4, -0.2) is 5.11 Å². The number of nitrogens with two attached hydrogens (primary N) is 1. The third kappa shape index (κ3) is 4.28. The molecule has 0 radical (unpaired) electrons. The van der Waals surface area contributed by atoms with Crippen LogP contribution in [0.4, 0.5) is 17.1 Å². The van der Waals surface area contributed by atoms with Crippen molar-refractivity contribution in [3.05, 3.63) is 52.5 Å². The average molecular weight is 312 g/mol. The average Bonchev–Trinajstić information content (AvgIpc) is 2.30. The Morgan fingerprint density at radius 3 is 2.00 bits per heavy atom. The molecule has 0 aliphatic heterocycles. The van der Waals surface area contributed by atoms with Crippen molar-refractivity contribution in [1.82, 2.24) is 0 Å². The molecule has 0 fully saturated rings. The first-order valence-electron chi connectivity index (χ1n) is 5.42. The molecule has 0 aliphatic rings. The fraction of sp³-hybridized carbons (Fsp3) is 0. The van der Waals surface area contributed by atoms with Crippen LogP contribution in [0.1, 0.15) is 0 Å². The van der Waals surface area contributed by atoms with Gasteiger partial charge in [-0.2, -0.15) is 0 Å². The van der Waals surface area contributed by atoms with E-state index in [4.69, 9.17) is 41.2 Å². The second-order valence-corrected chi connectivity index (χ2v) is 5.14. The van der Waals surface area contributed by atoms with E-state index in [2.05, 4.69) is 10.6 Å². The monoisotopic (exact) mass is 311 g/mol. The third-order valence-corrected chi connectivity index (χ3v) is 2.93.